The van der Waals surface area contributed by atoms with Gasteiger partial charge in [0.1, 0.15) is 5.82 Å². The Hall–Kier alpha value is -0.930. The molecule has 2 nitrogen and oxygen atoms in total. The number of rotatable bonds is 4. The summed E-state index contributed by atoms with van der Waals surface area (Å²) in [6, 6.07) is 5.88. The molecule has 1 saturated heterocycles. The fourth-order valence-electron chi connectivity index (χ4n) is 3.31. The molecule has 0 spiro atoms. The molecule has 1 aromatic carbocycles. The van der Waals surface area contributed by atoms with Gasteiger partial charge in [0.2, 0.25) is 0 Å². The van der Waals surface area contributed by atoms with Gasteiger partial charge in [-0.2, -0.15) is 0 Å². The number of benzene rings is 1. The summed E-state index contributed by atoms with van der Waals surface area (Å²) in [5.41, 5.74) is 8.02. The van der Waals surface area contributed by atoms with Crippen molar-refractivity contribution in [2.75, 3.05) is 13.1 Å². The molecular formula is C16H23FN2. The van der Waals surface area contributed by atoms with E-state index in [0.717, 1.165) is 43.6 Å². The first-order valence-electron chi connectivity index (χ1n) is 7.39. The summed E-state index contributed by atoms with van der Waals surface area (Å²) in [7, 11) is 0. The average molecular weight is 262 g/mol. The zero-order chi connectivity index (χ0) is 13.5. The zero-order valence-corrected chi connectivity index (χ0v) is 11.7. The zero-order valence-electron chi connectivity index (χ0n) is 11.7. The summed E-state index contributed by atoms with van der Waals surface area (Å²) in [5.74, 6) is -0.0590. The minimum Gasteiger partial charge on any atom is -0.327 e. The van der Waals surface area contributed by atoms with Crippen LogP contribution >= 0.6 is 0 Å². The Balaban J connectivity index is 1.78. The molecule has 104 valence electrons. The van der Waals surface area contributed by atoms with Crippen LogP contribution in [0.1, 0.15) is 43.7 Å². The van der Waals surface area contributed by atoms with E-state index in [0.29, 0.717) is 0 Å². The van der Waals surface area contributed by atoms with E-state index in [1.54, 1.807) is 6.07 Å². The van der Waals surface area contributed by atoms with Gasteiger partial charge in [0.05, 0.1) is 0 Å². The van der Waals surface area contributed by atoms with Gasteiger partial charge in [-0.25, -0.2) is 4.39 Å². The predicted molar refractivity (Wildman–Crippen MR) is 75.5 cm³/mol. The van der Waals surface area contributed by atoms with Crippen molar-refractivity contribution in [1.82, 2.24) is 4.90 Å². The van der Waals surface area contributed by atoms with Crippen molar-refractivity contribution in [2.45, 2.75) is 50.6 Å². The van der Waals surface area contributed by atoms with Gasteiger partial charge in [0.25, 0.3) is 0 Å². The molecule has 3 rings (SSSR count). The number of hydrogen-bond acceptors (Lipinski definition) is 2. The molecule has 1 heterocycles. The van der Waals surface area contributed by atoms with Gasteiger partial charge < -0.3 is 5.73 Å². The monoisotopic (exact) mass is 262 g/mol. The topological polar surface area (TPSA) is 29.3 Å². The maximum absolute atomic E-state index is 14.3. The van der Waals surface area contributed by atoms with Crippen LogP contribution in [0.2, 0.25) is 0 Å². The molecule has 3 heteroatoms. The van der Waals surface area contributed by atoms with Crippen LogP contribution < -0.4 is 5.73 Å². The van der Waals surface area contributed by atoms with Gasteiger partial charge in [-0.3, -0.25) is 4.90 Å². The lowest BCUT2D eigenvalue weighted by atomic mass is 9.89. The van der Waals surface area contributed by atoms with Crippen molar-refractivity contribution in [2.24, 2.45) is 5.73 Å². The highest BCUT2D eigenvalue weighted by atomic mass is 19.1. The van der Waals surface area contributed by atoms with Crippen LogP contribution in [-0.4, -0.2) is 24.0 Å². The van der Waals surface area contributed by atoms with E-state index in [-0.39, 0.29) is 17.3 Å². The second-order valence-corrected chi connectivity index (χ2v) is 6.23. The molecule has 1 aromatic rings. The Kier molecular flexibility index (Phi) is 3.35. The Bertz CT molecular complexity index is 460. The highest BCUT2D eigenvalue weighted by Crippen LogP contribution is 2.50. The molecule has 19 heavy (non-hydrogen) atoms. The number of nitrogens with zero attached hydrogens (tertiary/aromatic N) is 1. The SMILES string of the molecule is CC(N)C1(c2ccc(CN3CCCC3)c(F)c2)CC1. The van der Waals surface area contributed by atoms with Gasteiger partial charge in [-0.15, -0.1) is 0 Å². The highest BCUT2D eigenvalue weighted by Gasteiger charge is 2.47. The van der Waals surface area contributed by atoms with Gasteiger partial charge >= 0.3 is 0 Å². The summed E-state index contributed by atoms with van der Waals surface area (Å²) in [6.07, 6.45) is 4.67. The third-order valence-electron chi connectivity index (χ3n) is 4.88. The number of nitrogens with two attached hydrogens (primary N) is 1. The Morgan fingerprint density at radius 3 is 2.53 bits per heavy atom. The van der Waals surface area contributed by atoms with E-state index in [4.69, 9.17) is 5.73 Å². The fourth-order valence-corrected chi connectivity index (χ4v) is 3.31. The van der Waals surface area contributed by atoms with Crippen LogP contribution in [0, 0.1) is 5.82 Å². The molecule has 2 N–H and O–H groups in total. The lowest BCUT2D eigenvalue weighted by Gasteiger charge is -2.21. The maximum Gasteiger partial charge on any atom is 0.127 e. The van der Waals surface area contributed by atoms with Crippen LogP contribution in [0.3, 0.4) is 0 Å². The summed E-state index contributed by atoms with van der Waals surface area (Å²) in [4.78, 5) is 2.33. The third kappa shape index (κ3) is 2.41. The number of hydrogen-bond donors (Lipinski definition) is 1. The van der Waals surface area contributed by atoms with Crippen molar-refractivity contribution in [3.8, 4) is 0 Å². The highest BCUT2D eigenvalue weighted by molar-refractivity contribution is 5.36. The molecule has 0 radical (unpaired) electrons. The van der Waals surface area contributed by atoms with E-state index in [2.05, 4.69) is 11.0 Å². The van der Waals surface area contributed by atoms with E-state index in [1.807, 2.05) is 13.0 Å². The minimum absolute atomic E-state index is 0.0486. The van der Waals surface area contributed by atoms with Crippen LogP contribution in [0.5, 0.6) is 0 Å². The summed E-state index contributed by atoms with van der Waals surface area (Å²) < 4.78 is 14.3. The van der Waals surface area contributed by atoms with Crippen LogP contribution in [0.4, 0.5) is 4.39 Å². The minimum atomic E-state index is -0.0590. The Morgan fingerprint density at radius 1 is 1.32 bits per heavy atom. The molecule has 2 fully saturated rings. The smallest absolute Gasteiger partial charge is 0.127 e. The first kappa shape index (κ1) is 13.1. The first-order valence-corrected chi connectivity index (χ1v) is 7.39. The van der Waals surface area contributed by atoms with E-state index < -0.39 is 0 Å². The van der Waals surface area contributed by atoms with Gasteiger partial charge in [0.15, 0.2) is 0 Å². The molecular weight excluding hydrogens is 239 g/mol. The molecule has 0 amide bonds. The fraction of sp³-hybridized carbons (Fsp3) is 0.625. The largest absolute Gasteiger partial charge is 0.327 e. The van der Waals surface area contributed by atoms with Crippen molar-refractivity contribution < 1.29 is 4.39 Å². The van der Waals surface area contributed by atoms with E-state index in [1.165, 1.54) is 12.8 Å². The van der Waals surface area contributed by atoms with Gasteiger partial charge in [-0.1, -0.05) is 12.1 Å². The molecule has 1 aliphatic heterocycles. The van der Waals surface area contributed by atoms with Crippen molar-refractivity contribution in [3.05, 3.63) is 35.1 Å². The van der Waals surface area contributed by atoms with Crippen LogP contribution in [-0.2, 0) is 12.0 Å². The summed E-state index contributed by atoms with van der Waals surface area (Å²) in [5, 5.41) is 0. The van der Waals surface area contributed by atoms with Gasteiger partial charge in [-0.05, 0) is 57.3 Å². The molecule has 1 saturated carbocycles. The van der Waals surface area contributed by atoms with Crippen LogP contribution in [0.25, 0.3) is 0 Å². The van der Waals surface area contributed by atoms with E-state index in [9.17, 15) is 4.39 Å². The lowest BCUT2D eigenvalue weighted by molar-refractivity contribution is 0.325. The second kappa shape index (κ2) is 4.88. The normalized spacial score (nSPS) is 23.5. The number of likely N-dealkylation sites (tertiary alicyclic amines) is 1. The Labute approximate surface area is 114 Å². The molecule has 1 unspecified atom stereocenters. The average Bonchev–Trinajstić information content (AvgIpc) is 3.05. The standard InChI is InChI=1S/C16H23FN2/c1-12(18)16(6-7-16)14-5-4-13(15(17)10-14)11-19-8-2-3-9-19/h4-5,10,12H,2-3,6-9,11,18H2,1H3. The van der Waals surface area contributed by atoms with Crippen molar-refractivity contribution in [3.63, 3.8) is 0 Å². The molecule has 1 aliphatic carbocycles. The quantitative estimate of drug-likeness (QED) is 0.904. The van der Waals surface area contributed by atoms with Crippen LogP contribution in [0.15, 0.2) is 18.2 Å². The number of halogens is 1. The lowest BCUT2D eigenvalue weighted by Crippen LogP contribution is -2.31. The summed E-state index contributed by atoms with van der Waals surface area (Å²) in [6.45, 7) is 4.98. The van der Waals surface area contributed by atoms with Crippen molar-refractivity contribution in [1.29, 1.82) is 0 Å². The maximum atomic E-state index is 14.3. The van der Waals surface area contributed by atoms with E-state index >= 15 is 0 Å². The molecule has 2 aliphatic rings. The molecule has 0 aromatic heterocycles. The Morgan fingerprint density at radius 2 is 2.00 bits per heavy atom. The molecule has 0 bridgehead atoms. The first-order chi connectivity index (χ1) is 9.12. The predicted octanol–water partition coefficient (Wildman–Crippen LogP) is 2.80. The molecule has 1 atom stereocenters. The second-order valence-electron chi connectivity index (χ2n) is 6.23. The summed E-state index contributed by atoms with van der Waals surface area (Å²) >= 11 is 0. The van der Waals surface area contributed by atoms with Crippen molar-refractivity contribution >= 4 is 0 Å². The third-order valence-corrected chi connectivity index (χ3v) is 4.88. The van der Waals surface area contributed by atoms with Gasteiger partial charge in [0, 0.05) is 23.6 Å².